The number of aromatic hydroxyl groups is 1. The number of alkyl halides is 6. The molecule has 1 aromatic heterocycles. The highest BCUT2D eigenvalue weighted by Gasteiger charge is 2.35. The van der Waals surface area contributed by atoms with E-state index < -0.39 is 41.1 Å². The highest BCUT2D eigenvalue weighted by molar-refractivity contribution is 6.02. The van der Waals surface area contributed by atoms with Gasteiger partial charge < -0.3 is 19.5 Å². The van der Waals surface area contributed by atoms with E-state index in [2.05, 4.69) is 16.6 Å². The molecular formula is C26H15F6NO4. The maximum Gasteiger partial charge on any atom is 0.573 e. The molecule has 0 saturated heterocycles. The minimum absolute atomic E-state index is 0.00869. The number of ether oxygens (including phenoxy) is 1. The van der Waals surface area contributed by atoms with Crippen LogP contribution in [0.1, 0.15) is 27.0 Å². The van der Waals surface area contributed by atoms with Crippen molar-refractivity contribution in [1.29, 1.82) is 0 Å². The summed E-state index contributed by atoms with van der Waals surface area (Å²) in [6, 6.07) is 11.5. The zero-order valence-electron chi connectivity index (χ0n) is 18.7. The molecule has 0 amide bonds. The van der Waals surface area contributed by atoms with Crippen molar-refractivity contribution < 1.29 is 46.1 Å². The summed E-state index contributed by atoms with van der Waals surface area (Å²) in [4.78, 5) is 11.6. The standard InChI is InChI=1S/C26H15F6NO4/c1-33-21-13-22(34)19(24(35)36)12-18(21)16(23(33)17-4-2-3-5-20(17)25(27,28)29)11-8-14-6-9-15(10-7-14)37-26(30,31)32/h2-7,9-10,12-13,34H,1H3,(H,35,36). The van der Waals surface area contributed by atoms with Crippen molar-refractivity contribution in [3.8, 4) is 34.6 Å². The number of aryl methyl sites for hydroxylation is 1. The first-order chi connectivity index (χ1) is 17.3. The molecule has 1 heterocycles. The Morgan fingerprint density at radius 1 is 0.946 bits per heavy atom. The van der Waals surface area contributed by atoms with Crippen LogP contribution >= 0.6 is 0 Å². The lowest BCUT2D eigenvalue weighted by Crippen LogP contribution is -2.16. The number of halogens is 6. The summed E-state index contributed by atoms with van der Waals surface area (Å²) in [6.45, 7) is 0. The molecule has 37 heavy (non-hydrogen) atoms. The van der Waals surface area contributed by atoms with Crippen LogP contribution in [0.5, 0.6) is 11.5 Å². The molecule has 4 rings (SSSR count). The van der Waals surface area contributed by atoms with Crippen LogP contribution in [0.3, 0.4) is 0 Å². The molecule has 0 aliphatic rings. The van der Waals surface area contributed by atoms with Gasteiger partial charge in [0.1, 0.15) is 17.1 Å². The number of carbonyl (C=O) groups is 1. The van der Waals surface area contributed by atoms with Crippen LogP contribution in [0, 0.1) is 11.8 Å². The largest absolute Gasteiger partial charge is 0.573 e. The van der Waals surface area contributed by atoms with Crippen LogP contribution in [0.2, 0.25) is 0 Å². The van der Waals surface area contributed by atoms with Crippen molar-refractivity contribution >= 4 is 16.9 Å². The number of fused-ring (bicyclic) bond motifs is 1. The molecule has 0 atom stereocenters. The van der Waals surface area contributed by atoms with E-state index in [1.807, 2.05) is 0 Å². The molecule has 0 bridgehead atoms. The van der Waals surface area contributed by atoms with Gasteiger partial charge in [-0.15, -0.1) is 13.2 Å². The van der Waals surface area contributed by atoms with Gasteiger partial charge in [-0.25, -0.2) is 4.79 Å². The van der Waals surface area contributed by atoms with E-state index in [0.717, 1.165) is 30.3 Å². The summed E-state index contributed by atoms with van der Waals surface area (Å²) in [5.74, 6) is 2.92. The lowest BCUT2D eigenvalue weighted by molar-refractivity contribution is -0.274. The van der Waals surface area contributed by atoms with E-state index in [4.69, 9.17) is 0 Å². The molecule has 0 spiro atoms. The summed E-state index contributed by atoms with van der Waals surface area (Å²) in [5, 5.41) is 19.8. The van der Waals surface area contributed by atoms with Crippen molar-refractivity contribution in [3.63, 3.8) is 0 Å². The fraction of sp³-hybridized carbons (Fsp3) is 0.115. The number of aromatic nitrogens is 1. The zero-order chi connectivity index (χ0) is 27.1. The Morgan fingerprint density at radius 3 is 2.19 bits per heavy atom. The highest BCUT2D eigenvalue weighted by atomic mass is 19.4. The van der Waals surface area contributed by atoms with Gasteiger partial charge in [0, 0.05) is 29.6 Å². The Balaban J connectivity index is 1.96. The molecule has 0 radical (unpaired) electrons. The summed E-state index contributed by atoms with van der Waals surface area (Å²) in [6.07, 6.45) is -9.61. The fourth-order valence-electron chi connectivity index (χ4n) is 3.90. The second-order valence-corrected chi connectivity index (χ2v) is 7.84. The summed E-state index contributed by atoms with van der Waals surface area (Å²) in [7, 11) is 1.44. The average molecular weight is 519 g/mol. The quantitative estimate of drug-likeness (QED) is 0.237. The molecule has 0 aliphatic heterocycles. The normalized spacial score (nSPS) is 11.8. The van der Waals surface area contributed by atoms with Gasteiger partial charge in [0.2, 0.25) is 0 Å². The second-order valence-electron chi connectivity index (χ2n) is 7.84. The number of aromatic carboxylic acids is 1. The van der Waals surface area contributed by atoms with Crippen LogP contribution in [-0.4, -0.2) is 27.1 Å². The lowest BCUT2D eigenvalue weighted by atomic mass is 9.99. The molecule has 0 saturated carbocycles. The Hall–Kier alpha value is -4.59. The minimum atomic E-state index is -4.88. The van der Waals surface area contributed by atoms with Gasteiger partial charge in [0.25, 0.3) is 0 Å². The molecular weight excluding hydrogens is 504 g/mol. The summed E-state index contributed by atoms with van der Waals surface area (Å²) >= 11 is 0. The predicted octanol–water partition coefficient (Wildman–Crippen LogP) is 6.57. The molecule has 0 unspecified atom stereocenters. The van der Waals surface area contributed by atoms with Crippen molar-refractivity contribution in [2.45, 2.75) is 12.5 Å². The lowest BCUT2D eigenvalue weighted by Gasteiger charge is -2.14. The Morgan fingerprint density at radius 2 is 1.59 bits per heavy atom. The number of phenols is 1. The third kappa shape index (κ3) is 5.18. The zero-order valence-corrected chi connectivity index (χ0v) is 18.7. The fourth-order valence-corrected chi connectivity index (χ4v) is 3.90. The third-order valence-corrected chi connectivity index (χ3v) is 5.45. The number of hydrogen-bond acceptors (Lipinski definition) is 3. The van der Waals surface area contributed by atoms with Crippen LogP contribution in [0.4, 0.5) is 26.3 Å². The van der Waals surface area contributed by atoms with Crippen molar-refractivity contribution in [2.75, 3.05) is 0 Å². The Labute approximate surface area is 205 Å². The predicted molar refractivity (Wildman–Crippen MR) is 121 cm³/mol. The molecule has 3 aromatic carbocycles. The molecule has 190 valence electrons. The molecule has 4 aromatic rings. The molecule has 5 nitrogen and oxygen atoms in total. The van der Waals surface area contributed by atoms with E-state index in [-0.39, 0.29) is 33.3 Å². The summed E-state index contributed by atoms with van der Waals surface area (Å²) < 4.78 is 83.9. The molecule has 0 fully saturated rings. The third-order valence-electron chi connectivity index (χ3n) is 5.45. The number of carboxylic acid groups (broad SMARTS) is 1. The summed E-state index contributed by atoms with van der Waals surface area (Å²) in [5.41, 5.74) is -1.19. The second kappa shape index (κ2) is 9.13. The minimum Gasteiger partial charge on any atom is -0.507 e. The average Bonchev–Trinajstić information content (AvgIpc) is 3.07. The van der Waals surface area contributed by atoms with Crippen LogP contribution in [0.25, 0.3) is 22.2 Å². The first kappa shape index (κ1) is 25.5. The first-order valence-corrected chi connectivity index (χ1v) is 10.4. The first-order valence-electron chi connectivity index (χ1n) is 10.4. The SMILES string of the molecule is Cn1c(-c2ccccc2C(F)(F)F)c(C#Cc2ccc(OC(F)(F)F)cc2)c2cc(C(=O)O)c(O)cc21. The van der Waals surface area contributed by atoms with E-state index in [1.165, 1.54) is 41.9 Å². The maximum absolute atomic E-state index is 13.8. The molecule has 0 aliphatic carbocycles. The number of rotatable bonds is 3. The molecule has 11 heteroatoms. The van der Waals surface area contributed by atoms with Crippen LogP contribution in [-0.2, 0) is 13.2 Å². The number of nitrogens with zero attached hydrogens (tertiary/aromatic N) is 1. The molecule has 2 N–H and O–H groups in total. The van der Waals surface area contributed by atoms with Crippen molar-refractivity contribution in [3.05, 3.63) is 82.9 Å². The number of carboxylic acids is 1. The Bertz CT molecular complexity index is 1570. The van der Waals surface area contributed by atoms with Gasteiger partial charge >= 0.3 is 18.5 Å². The van der Waals surface area contributed by atoms with E-state index >= 15 is 0 Å². The highest BCUT2D eigenvalue weighted by Crippen LogP contribution is 2.42. The van der Waals surface area contributed by atoms with Gasteiger partial charge in [0.05, 0.1) is 22.3 Å². The maximum atomic E-state index is 13.8. The van der Waals surface area contributed by atoms with Gasteiger partial charge in [0.15, 0.2) is 0 Å². The van der Waals surface area contributed by atoms with E-state index in [9.17, 15) is 41.4 Å². The topological polar surface area (TPSA) is 71.7 Å². The van der Waals surface area contributed by atoms with Gasteiger partial charge in [-0.2, -0.15) is 13.2 Å². The number of hydrogen-bond donors (Lipinski definition) is 2. The van der Waals surface area contributed by atoms with Gasteiger partial charge in [-0.3, -0.25) is 0 Å². The van der Waals surface area contributed by atoms with Crippen LogP contribution < -0.4 is 4.74 Å². The van der Waals surface area contributed by atoms with Crippen molar-refractivity contribution in [2.24, 2.45) is 7.05 Å². The van der Waals surface area contributed by atoms with Crippen molar-refractivity contribution in [1.82, 2.24) is 4.57 Å². The smallest absolute Gasteiger partial charge is 0.507 e. The van der Waals surface area contributed by atoms with E-state index in [1.54, 1.807) is 0 Å². The van der Waals surface area contributed by atoms with Gasteiger partial charge in [-0.05, 0) is 36.4 Å². The van der Waals surface area contributed by atoms with Gasteiger partial charge in [-0.1, -0.05) is 30.0 Å². The monoisotopic (exact) mass is 519 g/mol. The van der Waals surface area contributed by atoms with E-state index in [0.29, 0.717) is 0 Å². The number of benzene rings is 3. The van der Waals surface area contributed by atoms with Crippen LogP contribution in [0.15, 0.2) is 60.7 Å². The Kier molecular flexibility index (Phi) is 6.29.